The molecule has 0 aliphatic heterocycles. The lowest BCUT2D eigenvalue weighted by atomic mass is 10.1. The van der Waals surface area contributed by atoms with Crippen LogP contribution in [-0.2, 0) is 0 Å². The van der Waals surface area contributed by atoms with Crippen molar-refractivity contribution in [1.29, 1.82) is 0 Å². The van der Waals surface area contributed by atoms with Gasteiger partial charge < -0.3 is 21.5 Å². The van der Waals surface area contributed by atoms with Crippen molar-refractivity contribution in [2.45, 2.75) is 38.8 Å². The number of nitrogens with two attached hydrogens (primary N) is 1. The van der Waals surface area contributed by atoms with Crippen LogP contribution in [0, 0.1) is 0 Å². The average molecular weight is 265 g/mol. The number of hydrogen-bond acceptors (Lipinski definition) is 3. The summed E-state index contributed by atoms with van der Waals surface area (Å²) in [6.45, 7) is 4.81. The number of benzene rings is 1. The normalized spacial score (nSPS) is 13.8. The van der Waals surface area contributed by atoms with Crippen LogP contribution >= 0.6 is 0 Å². The first kappa shape index (κ1) is 15.5. The Labute approximate surface area is 114 Å². The zero-order valence-corrected chi connectivity index (χ0v) is 11.5. The highest BCUT2D eigenvalue weighted by molar-refractivity contribution is 5.87. The Bertz CT molecular complexity index is 392. The smallest absolute Gasteiger partial charge is 0.316 e. The first-order valence-electron chi connectivity index (χ1n) is 6.60. The molecule has 0 heterocycles. The van der Waals surface area contributed by atoms with Crippen molar-refractivity contribution in [1.82, 2.24) is 5.32 Å². The predicted molar refractivity (Wildman–Crippen MR) is 77.0 cm³/mol. The third kappa shape index (κ3) is 5.72. The number of hydrogen-bond donors (Lipinski definition) is 4. The molecule has 0 bridgehead atoms. The summed E-state index contributed by atoms with van der Waals surface area (Å²) >= 11 is 0. The van der Waals surface area contributed by atoms with Crippen LogP contribution in [0.2, 0.25) is 0 Å². The van der Waals surface area contributed by atoms with E-state index in [0.29, 0.717) is 5.69 Å². The Hall–Kier alpha value is -1.59. The maximum Gasteiger partial charge on any atom is 0.316 e. The van der Waals surface area contributed by atoms with Crippen molar-refractivity contribution >= 4 is 11.7 Å². The van der Waals surface area contributed by atoms with Gasteiger partial charge in [-0.2, -0.15) is 0 Å². The highest BCUT2D eigenvalue weighted by atomic mass is 16.3. The third-order valence-corrected chi connectivity index (χ3v) is 3.08. The topological polar surface area (TPSA) is 87.4 Å². The minimum absolute atomic E-state index is 0.201. The highest BCUT2D eigenvalue weighted by Crippen LogP contribution is 2.16. The molecular weight excluding hydrogens is 242 g/mol. The fourth-order valence-corrected chi connectivity index (χ4v) is 1.79. The third-order valence-electron chi connectivity index (χ3n) is 3.08. The fourth-order valence-electron chi connectivity index (χ4n) is 1.79. The number of primary amides is 1. The van der Waals surface area contributed by atoms with Crippen molar-refractivity contribution in [2.24, 2.45) is 5.73 Å². The summed E-state index contributed by atoms with van der Waals surface area (Å²) in [5.41, 5.74) is 6.85. The number of anilines is 1. The van der Waals surface area contributed by atoms with Gasteiger partial charge >= 0.3 is 6.03 Å². The van der Waals surface area contributed by atoms with E-state index in [-0.39, 0.29) is 12.1 Å². The number of amides is 2. The van der Waals surface area contributed by atoms with Crippen molar-refractivity contribution in [2.75, 3.05) is 11.9 Å². The molecule has 0 saturated heterocycles. The zero-order valence-electron chi connectivity index (χ0n) is 11.5. The summed E-state index contributed by atoms with van der Waals surface area (Å²) in [4.78, 5) is 10.7. The lowest BCUT2D eigenvalue weighted by Gasteiger charge is -2.16. The quantitative estimate of drug-likeness (QED) is 0.608. The SMILES string of the molecule is CCC(O)CCNC(C)c1ccc(NC(N)=O)cc1. The molecule has 0 spiro atoms. The molecule has 5 N–H and O–H groups in total. The van der Waals surface area contributed by atoms with Gasteiger partial charge in [0.15, 0.2) is 0 Å². The van der Waals surface area contributed by atoms with Gasteiger partial charge in [-0.25, -0.2) is 4.79 Å². The molecule has 2 atom stereocenters. The largest absolute Gasteiger partial charge is 0.393 e. The Kier molecular flexibility index (Phi) is 6.32. The molecule has 1 aromatic carbocycles. The molecule has 0 aromatic heterocycles. The molecule has 1 rings (SSSR count). The van der Waals surface area contributed by atoms with E-state index in [1.807, 2.05) is 31.2 Å². The van der Waals surface area contributed by atoms with E-state index in [9.17, 15) is 9.90 Å². The van der Waals surface area contributed by atoms with Crippen LogP contribution in [-0.4, -0.2) is 23.8 Å². The lowest BCUT2D eigenvalue weighted by Crippen LogP contribution is -2.23. The zero-order chi connectivity index (χ0) is 14.3. The summed E-state index contributed by atoms with van der Waals surface area (Å²) in [6.07, 6.45) is 1.30. The molecule has 0 saturated carbocycles. The van der Waals surface area contributed by atoms with Gasteiger partial charge in [0.2, 0.25) is 0 Å². The summed E-state index contributed by atoms with van der Waals surface area (Å²) in [6, 6.07) is 7.16. The Balaban J connectivity index is 2.44. The Morgan fingerprint density at radius 3 is 2.53 bits per heavy atom. The number of nitrogens with one attached hydrogen (secondary N) is 2. The van der Waals surface area contributed by atoms with Crippen molar-refractivity contribution in [3.8, 4) is 0 Å². The summed E-state index contributed by atoms with van der Waals surface area (Å²) in [7, 11) is 0. The summed E-state index contributed by atoms with van der Waals surface area (Å²) in [5.74, 6) is 0. The molecule has 5 nitrogen and oxygen atoms in total. The highest BCUT2D eigenvalue weighted by Gasteiger charge is 2.06. The van der Waals surface area contributed by atoms with E-state index in [4.69, 9.17) is 5.73 Å². The average Bonchev–Trinajstić information content (AvgIpc) is 2.38. The monoisotopic (exact) mass is 265 g/mol. The molecule has 5 heteroatoms. The summed E-state index contributed by atoms with van der Waals surface area (Å²) in [5, 5.41) is 15.3. The molecule has 0 aliphatic carbocycles. The van der Waals surface area contributed by atoms with Crippen LogP contribution in [0.3, 0.4) is 0 Å². The van der Waals surface area contributed by atoms with E-state index in [2.05, 4.69) is 17.6 Å². The van der Waals surface area contributed by atoms with Crippen molar-refractivity contribution < 1.29 is 9.90 Å². The van der Waals surface area contributed by atoms with Crippen LogP contribution in [0.25, 0.3) is 0 Å². The van der Waals surface area contributed by atoms with Gasteiger partial charge in [0, 0.05) is 11.7 Å². The second kappa shape index (κ2) is 7.76. The number of carbonyl (C=O) groups excluding carboxylic acids is 1. The van der Waals surface area contributed by atoms with E-state index in [1.54, 1.807) is 0 Å². The van der Waals surface area contributed by atoms with Gasteiger partial charge in [-0.05, 0) is 44.0 Å². The van der Waals surface area contributed by atoms with E-state index in [0.717, 1.165) is 24.9 Å². The Morgan fingerprint density at radius 1 is 1.37 bits per heavy atom. The molecular formula is C14H23N3O2. The lowest BCUT2D eigenvalue weighted by molar-refractivity contribution is 0.159. The van der Waals surface area contributed by atoms with Crippen LogP contribution in [0.5, 0.6) is 0 Å². The van der Waals surface area contributed by atoms with Crippen LogP contribution in [0.4, 0.5) is 10.5 Å². The maximum absolute atomic E-state index is 10.7. The molecule has 2 unspecified atom stereocenters. The predicted octanol–water partition coefficient (Wildman–Crippen LogP) is 1.99. The minimum atomic E-state index is -0.563. The van der Waals surface area contributed by atoms with Gasteiger partial charge in [-0.15, -0.1) is 0 Å². The fraction of sp³-hybridized carbons (Fsp3) is 0.500. The van der Waals surface area contributed by atoms with Gasteiger partial charge in [-0.1, -0.05) is 19.1 Å². The van der Waals surface area contributed by atoms with E-state index < -0.39 is 6.03 Å². The standard InChI is InChI=1S/C14H23N3O2/c1-3-13(18)8-9-16-10(2)11-4-6-12(7-5-11)17-14(15)19/h4-7,10,13,16,18H,3,8-9H2,1-2H3,(H3,15,17,19). The van der Waals surface area contributed by atoms with Crippen LogP contribution < -0.4 is 16.4 Å². The van der Waals surface area contributed by atoms with Crippen LogP contribution in [0.1, 0.15) is 38.3 Å². The van der Waals surface area contributed by atoms with Gasteiger partial charge in [0.05, 0.1) is 6.10 Å². The second-order valence-electron chi connectivity index (χ2n) is 4.64. The summed E-state index contributed by atoms with van der Waals surface area (Å²) < 4.78 is 0. The van der Waals surface area contributed by atoms with Crippen LogP contribution in [0.15, 0.2) is 24.3 Å². The number of carbonyl (C=O) groups is 1. The minimum Gasteiger partial charge on any atom is -0.393 e. The van der Waals surface area contributed by atoms with Crippen molar-refractivity contribution in [3.63, 3.8) is 0 Å². The van der Waals surface area contributed by atoms with E-state index >= 15 is 0 Å². The Morgan fingerprint density at radius 2 is 2.00 bits per heavy atom. The number of aliphatic hydroxyl groups is 1. The number of urea groups is 1. The first-order chi connectivity index (χ1) is 9.02. The first-order valence-corrected chi connectivity index (χ1v) is 6.60. The van der Waals surface area contributed by atoms with E-state index in [1.165, 1.54) is 0 Å². The maximum atomic E-state index is 10.7. The molecule has 0 aliphatic rings. The molecule has 0 radical (unpaired) electrons. The van der Waals surface area contributed by atoms with Gasteiger partial charge in [-0.3, -0.25) is 0 Å². The molecule has 19 heavy (non-hydrogen) atoms. The number of rotatable bonds is 7. The molecule has 2 amide bonds. The molecule has 1 aromatic rings. The molecule has 106 valence electrons. The number of aliphatic hydroxyl groups excluding tert-OH is 1. The van der Waals surface area contributed by atoms with Gasteiger partial charge in [0.1, 0.15) is 0 Å². The molecule has 0 fully saturated rings. The second-order valence-corrected chi connectivity index (χ2v) is 4.64. The van der Waals surface area contributed by atoms with Crippen molar-refractivity contribution in [3.05, 3.63) is 29.8 Å². The van der Waals surface area contributed by atoms with Gasteiger partial charge in [0.25, 0.3) is 0 Å².